The topological polar surface area (TPSA) is 37.8 Å². The van der Waals surface area contributed by atoms with E-state index in [1.54, 1.807) is 0 Å². The maximum absolute atomic E-state index is 4.43. The molecule has 0 amide bonds. The predicted molar refractivity (Wildman–Crippen MR) is 73.2 cm³/mol. The molecule has 0 aromatic carbocycles. The van der Waals surface area contributed by atoms with Gasteiger partial charge in [0, 0.05) is 24.0 Å². The summed E-state index contributed by atoms with van der Waals surface area (Å²) in [5.41, 5.74) is 1.10. The Labute approximate surface area is 108 Å². The van der Waals surface area contributed by atoms with Crippen molar-refractivity contribution >= 4 is 11.8 Å². The summed E-state index contributed by atoms with van der Waals surface area (Å²) >= 11 is 2.00. The van der Waals surface area contributed by atoms with Crippen LogP contribution in [0.1, 0.15) is 37.2 Å². The van der Waals surface area contributed by atoms with Gasteiger partial charge in [-0.25, -0.2) is 9.97 Å². The first-order valence-corrected chi connectivity index (χ1v) is 7.63. The summed E-state index contributed by atoms with van der Waals surface area (Å²) in [7, 11) is 0. The summed E-state index contributed by atoms with van der Waals surface area (Å²) in [6.07, 6.45) is 9.46. The molecule has 94 valence electrons. The van der Waals surface area contributed by atoms with Crippen LogP contribution in [0.3, 0.4) is 0 Å². The van der Waals surface area contributed by atoms with Crippen molar-refractivity contribution in [2.75, 3.05) is 6.26 Å². The van der Waals surface area contributed by atoms with E-state index in [1.807, 2.05) is 30.9 Å². The van der Waals surface area contributed by atoms with Gasteiger partial charge in [0.05, 0.1) is 5.69 Å². The van der Waals surface area contributed by atoms with Crippen molar-refractivity contribution in [3.05, 3.63) is 23.8 Å². The first-order chi connectivity index (χ1) is 8.29. The minimum Gasteiger partial charge on any atom is -0.307 e. The molecule has 17 heavy (non-hydrogen) atoms. The minimum atomic E-state index is 0.647. The molecule has 3 nitrogen and oxygen atoms in total. The SMILES string of the molecule is CSC1CCCCC1NCc1ccnc(C)n1. The molecule has 2 unspecified atom stereocenters. The van der Waals surface area contributed by atoms with E-state index in [-0.39, 0.29) is 0 Å². The van der Waals surface area contributed by atoms with Gasteiger partial charge in [0.25, 0.3) is 0 Å². The van der Waals surface area contributed by atoms with Crippen LogP contribution in [0.5, 0.6) is 0 Å². The van der Waals surface area contributed by atoms with Crippen molar-refractivity contribution < 1.29 is 0 Å². The third-order valence-electron chi connectivity index (χ3n) is 3.38. The van der Waals surface area contributed by atoms with Crippen LogP contribution in [0.4, 0.5) is 0 Å². The predicted octanol–water partition coefficient (Wildman–Crippen LogP) is 2.55. The molecule has 2 rings (SSSR count). The minimum absolute atomic E-state index is 0.647. The highest BCUT2D eigenvalue weighted by Crippen LogP contribution is 2.27. The van der Waals surface area contributed by atoms with Crippen molar-refractivity contribution in [1.29, 1.82) is 0 Å². The molecule has 0 aliphatic heterocycles. The maximum Gasteiger partial charge on any atom is 0.125 e. The zero-order valence-corrected chi connectivity index (χ0v) is 11.5. The van der Waals surface area contributed by atoms with Crippen molar-refractivity contribution in [3.8, 4) is 0 Å². The molecule has 2 atom stereocenters. The molecule has 0 radical (unpaired) electrons. The molecule has 0 bridgehead atoms. The number of nitrogens with zero attached hydrogens (tertiary/aromatic N) is 2. The molecule has 1 heterocycles. The van der Waals surface area contributed by atoms with E-state index in [1.165, 1.54) is 25.7 Å². The highest BCUT2D eigenvalue weighted by Gasteiger charge is 2.23. The largest absolute Gasteiger partial charge is 0.307 e. The summed E-state index contributed by atoms with van der Waals surface area (Å²) < 4.78 is 0. The Hall–Kier alpha value is -0.610. The van der Waals surface area contributed by atoms with Crippen LogP contribution in [-0.4, -0.2) is 27.5 Å². The van der Waals surface area contributed by atoms with Gasteiger partial charge in [-0.1, -0.05) is 12.8 Å². The van der Waals surface area contributed by atoms with Crippen molar-refractivity contribution in [1.82, 2.24) is 15.3 Å². The van der Waals surface area contributed by atoms with E-state index in [0.717, 1.165) is 23.3 Å². The molecule has 1 saturated carbocycles. The summed E-state index contributed by atoms with van der Waals surface area (Å²) in [6.45, 7) is 2.81. The number of nitrogens with one attached hydrogen (secondary N) is 1. The number of aryl methyl sites for hydroxylation is 1. The van der Waals surface area contributed by atoms with Gasteiger partial charge in [0.1, 0.15) is 5.82 Å². The first-order valence-electron chi connectivity index (χ1n) is 6.34. The molecule has 1 fully saturated rings. The van der Waals surface area contributed by atoms with Gasteiger partial charge in [-0.15, -0.1) is 0 Å². The van der Waals surface area contributed by atoms with Crippen LogP contribution in [0.25, 0.3) is 0 Å². The lowest BCUT2D eigenvalue weighted by atomic mass is 9.95. The van der Waals surface area contributed by atoms with Crippen LogP contribution >= 0.6 is 11.8 Å². The second-order valence-electron chi connectivity index (χ2n) is 4.64. The van der Waals surface area contributed by atoms with Gasteiger partial charge >= 0.3 is 0 Å². The number of aromatic nitrogens is 2. The van der Waals surface area contributed by atoms with Crippen LogP contribution in [0.15, 0.2) is 12.3 Å². The van der Waals surface area contributed by atoms with Crippen molar-refractivity contribution in [3.63, 3.8) is 0 Å². The van der Waals surface area contributed by atoms with E-state index in [4.69, 9.17) is 0 Å². The van der Waals surface area contributed by atoms with Crippen molar-refractivity contribution in [2.45, 2.75) is 50.4 Å². The molecule has 0 saturated heterocycles. The average Bonchev–Trinajstić information content (AvgIpc) is 2.37. The molecule has 1 aromatic rings. The van der Waals surface area contributed by atoms with E-state index < -0.39 is 0 Å². The third-order valence-corrected chi connectivity index (χ3v) is 4.55. The van der Waals surface area contributed by atoms with Gasteiger partial charge in [-0.3, -0.25) is 0 Å². The summed E-state index contributed by atoms with van der Waals surface area (Å²) in [6, 6.07) is 2.64. The van der Waals surface area contributed by atoms with Gasteiger partial charge in [-0.2, -0.15) is 11.8 Å². The molecule has 4 heteroatoms. The molecule has 1 N–H and O–H groups in total. The Balaban J connectivity index is 1.88. The Kier molecular flexibility index (Phi) is 4.80. The van der Waals surface area contributed by atoms with Gasteiger partial charge in [0.2, 0.25) is 0 Å². The summed E-state index contributed by atoms with van der Waals surface area (Å²) in [4.78, 5) is 8.55. The van der Waals surface area contributed by atoms with E-state index >= 15 is 0 Å². The lowest BCUT2D eigenvalue weighted by Crippen LogP contribution is -2.40. The fraction of sp³-hybridized carbons (Fsp3) is 0.692. The lowest BCUT2D eigenvalue weighted by molar-refractivity contribution is 0.381. The molecule has 1 aliphatic carbocycles. The normalized spacial score (nSPS) is 24.8. The monoisotopic (exact) mass is 251 g/mol. The van der Waals surface area contributed by atoms with E-state index in [9.17, 15) is 0 Å². The molecule has 1 aromatic heterocycles. The Morgan fingerprint density at radius 1 is 1.41 bits per heavy atom. The van der Waals surface area contributed by atoms with Crippen LogP contribution in [-0.2, 0) is 6.54 Å². The highest BCUT2D eigenvalue weighted by atomic mass is 32.2. The van der Waals surface area contributed by atoms with Gasteiger partial charge < -0.3 is 5.32 Å². The molecular weight excluding hydrogens is 230 g/mol. The quantitative estimate of drug-likeness (QED) is 0.892. The van der Waals surface area contributed by atoms with Crippen LogP contribution < -0.4 is 5.32 Å². The Morgan fingerprint density at radius 3 is 3.00 bits per heavy atom. The Morgan fingerprint density at radius 2 is 2.24 bits per heavy atom. The molecule has 0 spiro atoms. The zero-order chi connectivity index (χ0) is 12.1. The summed E-state index contributed by atoms with van der Waals surface area (Å²) in [5, 5.41) is 4.43. The second kappa shape index (κ2) is 6.36. The Bertz CT molecular complexity index is 356. The van der Waals surface area contributed by atoms with E-state index in [0.29, 0.717) is 6.04 Å². The average molecular weight is 251 g/mol. The first kappa shape index (κ1) is 12.8. The number of hydrogen-bond acceptors (Lipinski definition) is 4. The maximum atomic E-state index is 4.43. The lowest BCUT2D eigenvalue weighted by Gasteiger charge is -2.31. The second-order valence-corrected chi connectivity index (χ2v) is 5.72. The third kappa shape index (κ3) is 3.68. The number of hydrogen-bond donors (Lipinski definition) is 1. The fourth-order valence-corrected chi connectivity index (χ4v) is 3.41. The number of thioether (sulfide) groups is 1. The standard InChI is InChI=1S/C13H21N3S/c1-10-14-8-7-11(16-10)9-15-12-5-3-4-6-13(12)17-2/h7-8,12-13,15H,3-6,9H2,1-2H3. The van der Waals surface area contributed by atoms with Gasteiger partial charge in [-0.05, 0) is 32.1 Å². The smallest absolute Gasteiger partial charge is 0.125 e. The van der Waals surface area contributed by atoms with Gasteiger partial charge in [0.15, 0.2) is 0 Å². The van der Waals surface area contributed by atoms with Crippen LogP contribution in [0.2, 0.25) is 0 Å². The van der Waals surface area contributed by atoms with Crippen LogP contribution in [0, 0.1) is 6.92 Å². The highest BCUT2D eigenvalue weighted by molar-refractivity contribution is 7.99. The molecular formula is C13H21N3S. The zero-order valence-electron chi connectivity index (χ0n) is 10.6. The fourth-order valence-electron chi connectivity index (χ4n) is 2.45. The summed E-state index contributed by atoms with van der Waals surface area (Å²) in [5.74, 6) is 0.856. The van der Waals surface area contributed by atoms with Crippen molar-refractivity contribution in [2.24, 2.45) is 0 Å². The van der Waals surface area contributed by atoms with E-state index in [2.05, 4.69) is 21.5 Å². The number of rotatable bonds is 4. The molecule has 1 aliphatic rings.